The lowest BCUT2D eigenvalue weighted by molar-refractivity contribution is -0.274. The lowest BCUT2D eigenvalue weighted by Gasteiger charge is -2.07. The summed E-state index contributed by atoms with van der Waals surface area (Å²) in [5.74, 6) is -0.553. The minimum atomic E-state index is -4.78. The Kier molecular flexibility index (Phi) is 2.65. The lowest BCUT2D eigenvalue weighted by Crippen LogP contribution is -2.18. The quantitative estimate of drug-likeness (QED) is 0.783. The minimum absolute atomic E-state index is 0.124. The second-order valence-corrected chi connectivity index (χ2v) is 2.93. The second kappa shape index (κ2) is 3.41. The zero-order valence-electron chi connectivity index (χ0n) is 5.98. The molecule has 0 aromatic carbocycles. The first-order valence-electron chi connectivity index (χ1n) is 3.02. The molecule has 72 valence electrons. The van der Waals surface area contributed by atoms with Crippen LogP contribution < -0.4 is 10.3 Å². The van der Waals surface area contributed by atoms with Gasteiger partial charge in [0.1, 0.15) is 5.75 Å². The maximum absolute atomic E-state index is 11.7. The summed E-state index contributed by atoms with van der Waals surface area (Å²) in [6, 6.07) is 1.72. The third-order valence-corrected chi connectivity index (χ3v) is 1.45. The molecule has 1 aromatic heterocycles. The van der Waals surface area contributed by atoms with Crippen LogP contribution in [0.2, 0.25) is 0 Å². The molecular formula is C6H3BrF3NO2. The highest BCUT2D eigenvalue weighted by Crippen LogP contribution is 2.22. The first kappa shape index (κ1) is 10.1. The van der Waals surface area contributed by atoms with E-state index in [2.05, 4.69) is 25.7 Å². The summed E-state index contributed by atoms with van der Waals surface area (Å²) in [6.07, 6.45) is -4.78. The van der Waals surface area contributed by atoms with E-state index in [0.29, 0.717) is 6.07 Å². The number of hydrogen-bond acceptors (Lipinski definition) is 2. The van der Waals surface area contributed by atoms with Gasteiger partial charge in [0, 0.05) is 12.1 Å². The molecule has 13 heavy (non-hydrogen) atoms. The highest BCUT2D eigenvalue weighted by atomic mass is 79.9. The Balaban J connectivity index is 2.96. The van der Waals surface area contributed by atoms with Crippen LogP contribution in [0.5, 0.6) is 5.75 Å². The second-order valence-electron chi connectivity index (χ2n) is 2.08. The highest BCUT2D eigenvalue weighted by molar-refractivity contribution is 9.10. The van der Waals surface area contributed by atoms with Gasteiger partial charge >= 0.3 is 6.36 Å². The molecule has 1 heterocycles. The van der Waals surface area contributed by atoms with Gasteiger partial charge in [0.05, 0.1) is 4.60 Å². The molecule has 0 aliphatic rings. The molecule has 0 saturated heterocycles. The number of ether oxygens (including phenoxy) is 1. The van der Waals surface area contributed by atoms with Crippen LogP contribution in [0.3, 0.4) is 0 Å². The van der Waals surface area contributed by atoms with Crippen LogP contribution in [0, 0.1) is 0 Å². The Hall–Kier alpha value is -0.980. The van der Waals surface area contributed by atoms with E-state index in [-0.39, 0.29) is 4.60 Å². The van der Waals surface area contributed by atoms with Crippen molar-refractivity contribution >= 4 is 15.9 Å². The minimum Gasteiger partial charge on any atom is -0.405 e. The van der Waals surface area contributed by atoms with Gasteiger partial charge in [0.15, 0.2) is 0 Å². The fraction of sp³-hybridized carbons (Fsp3) is 0.167. The average Bonchev–Trinajstić information content (AvgIpc) is 1.78. The summed E-state index contributed by atoms with van der Waals surface area (Å²) < 4.78 is 38.6. The van der Waals surface area contributed by atoms with E-state index in [9.17, 15) is 18.0 Å². The summed E-state index contributed by atoms with van der Waals surface area (Å²) in [5.41, 5.74) is -0.673. The van der Waals surface area contributed by atoms with Crippen molar-refractivity contribution in [1.82, 2.24) is 4.98 Å². The predicted octanol–water partition coefficient (Wildman–Crippen LogP) is 2.04. The fourth-order valence-corrected chi connectivity index (χ4v) is 1.10. The molecule has 0 bridgehead atoms. The largest absolute Gasteiger partial charge is 0.573 e. The topological polar surface area (TPSA) is 42.1 Å². The van der Waals surface area contributed by atoms with Gasteiger partial charge < -0.3 is 9.72 Å². The molecule has 1 aromatic rings. The van der Waals surface area contributed by atoms with Gasteiger partial charge in [-0.25, -0.2) is 0 Å². The third-order valence-electron chi connectivity index (χ3n) is 1.02. The van der Waals surface area contributed by atoms with Crippen molar-refractivity contribution in [3.63, 3.8) is 0 Å². The van der Waals surface area contributed by atoms with Crippen molar-refractivity contribution in [1.29, 1.82) is 0 Å². The molecule has 0 amide bonds. The van der Waals surface area contributed by atoms with Crippen LogP contribution >= 0.6 is 15.9 Å². The Labute approximate surface area is 78.7 Å². The van der Waals surface area contributed by atoms with E-state index in [4.69, 9.17) is 0 Å². The fourth-order valence-electron chi connectivity index (χ4n) is 0.678. The Morgan fingerprint density at radius 3 is 2.46 bits per heavy atom. The molecule has 3 nitrogen and oxygen atoms in total. The molecule has 0 radical (unpaired) electrons. The Morgan fingerprint density at radius 2 is 2.00 bits per heavy atom. The van der Waals surface area contributed by atoms with E-state index in [1.165, 1.54) is 0 Å². The van der Waals surface area contributed by atoms with Crippen molar-refractivity contribution in [3.05, 3.63) is 27.1 Å². The standard InChI is InChI=1S/C6H3BrF3NO2/c7-4-1-3(2-5(12)11-4)13-6(8,9)10/h1-2H,(H,11,12). The molecule has 0 atom stereocenters. The molecule has 0 saturated carbocycles. The molecule has 0 fully saturated rings. The maximum Gasteiger partial charge on any atom is 0.573 e. The van der Waals surface area contributed by atoms with Gasteiger partial charge in [-0.3, -0.25) is 4.79 Å². The van der Waals surface area contributed by atoms with E-state index in [1.807, 2.05) is 0 Å². The highest BCUT2D eigenvalue weighted by Gasteiger charge is 2.31. The number of rotatable bonds is 1. The Bertz CT molecular complexity index is 360. The summed E-state index contributed by atoms with van der Waals surface area (Å²) in [7, 11) is 0. The average molecular weight is 258 g/mol. The smallest absolute Gasteiger partial charge is 0.405 e. The van der Waals surface area contributed by atoms with Crippen LogP contribution in [-0.2, 0) is 0 Å². The number of aromatic amines is 1. The van der Waals surface area contributed by atoms with Crippen LogP contribution in [-0.4, -0.2) is 11.3 Å². The first-order chi connectivity index (χ1) is 5.87. The molecule has 0 aliphatic carbocycles. The van der Waals surface area contributed by atoms with Crippen molar-refractivity contribution in [3.8, 4) is 5.75 Å². The summed E-state index contributed by atoms with van der Waals surface area (Å²) in [4.78, 5) is 12.9. The molecule has 1 rings (SSSR count). The van der Waals surface area contributed by atoms with Crippen molar-refractivity contribution in [2.24, 2.45) is 0 Å². The van der Waals surface area contributed by atoms with E-state index >= 15 is 0 Å². The molecular weight excluding hydrogens is 255 g/mol. The lowest BCUT2D eigenvalue weighted by atomic mass is 10.4. The number of nitrogens with one attached hydrogen (secondary N) is 1. The Morgan fingerprint density at radius 1 is 1.38 bits per heavy atom. The monoisotopic (exact) mass is 257 g/mol. The zero-order chi connectivity index (χ0) is 10.1. The molecule has 7 heteroatoms. The molecule has 1 N–H and O–H groups in total. The van der Waals surface area contributed by atoms with Crippen molar-refractivity contribution in [2.75, 3.05) is 0 Å². The number of alkyl halides is 3. The van der Waals surface area contributed by atoms with Gasteiger partial charge in [0.25, 0.3) is 5.56 Å². The van der Waals surface area contributed by atoms with Crippen molar-refractivity contribution < 1.29 is 17.9 Å². The van der Waals surface area contributed by atoms with Gasteiger partial charge in [-0.15, -0.1) is 13.2 Å². The van der Waals surface area contributed by atoms with E-state index in [1.54, 1.807) is 0 Å². The predicted molar refractivity (Wildman–Crippen MR) is 41.4 cm³/mol. The SMILES string of the molecule is O=c1cc(OC(F)(F)F)cc(Br)[nH]1. The maximum atomic E-state index is 11.7. The number of aromatic nitrogens is 1. The number of hydrogen-bond donors (Lipinski definition) is 1. The normalized spacial score (nSPS) is 11.4. The van der Waals surface area contributed by atoms with E-state index in [0.717, 1.165) is 6.07 Å². The summed E-state index contributed by atoms with van der Waals surface area (Å²) in [6.45, 7) is 0. The zero-order valence-corrected chi connectivity index (χ0v) is 7.57. The number of H-pyrrole nitrogens is 1. The summed E-state index contributed by atoms with van der Waals surface area (Å²) >= 11 is 2.82. The number of halogens is 4. The summed E-state index contributed by atoms with van der Waals surface area (Å²) in [5, 5.41) is 0. The van der Waals surface area contributed by atoms with Crippen LogP contribution in [0.1, 0.15) is 0 Å². The first-order valence-corrected chi connectivity index (χ1v) is 3.82. The third kappa shape index (κ3) is 3.49. The molecule has 0 aliphatic heterocycles. The van der Waals surface area contributed by atoms with Crippen LogP contribution in [0.4, 0.5) is 13.2 Å². The molecule has 0 spiro atoms. The van der Waals surface area contributed by atoms with Gasteiger partial charge in [-0.1, -0.05) is 0 Å². The molecule has 0 unspecified atom stereocenters. The van der Waals surface area contributed by atoms with Crippen molar-refractivity contribution in [2.45, 2.75) is 6.36 Å². The van der Waals surface area contributed by atoms with Gasteiger partial charge in [-0.2, -0.15) is 0 Å². The number of pyridine rings is 1. The van der Waals surface area contributed by atoms with E-state index < -0.39 is 17.7 Å². The van der Waals surface area contributed by atoms with Gasteiger partial charge in [-0.05, 0) is 15.9 Å². The van der Waals surface area contributed by atoms with Crippen LogP contribution in [0.15, 0.2) is 21.5 Å². The van der Waals surface area contributed by atoms with Crippen LogP contribution in [0.25, 0.3) is 0 Å². The van der Waals surface area contributed by atoms with Gasteiger partial charge in [0.2, 0.25) is 0 Å².